The lowest BCUT2D eigenvalue weighted by atomic mass is 9.90. The lowest BCUT2D eigenvalue weighted by Gasteiger charge is -2.40. The zero-order valence-electron chi connectivity index (χ0n) is 11.7. The van der Waals surface area contributed by atoms with E-state index < -0.39 is 0 Å². The van der Waals surface area contributed by atoms with Gasteiger partial charge in [0.2, 0.25) is 0 Å². The molecule has 0 aromatic carbocycles. The number of aryl methyl sites for hydroxylation is 1. The normalized spacial score (nSPS) is 29.6. The summed E-state index contributed by atoms with van der Waals surface area (Å²) in [5.74, 6) is 0.734. The molecule has 1 aliphatic rings. The predicted octanol–water partition coefficient (Wildman–Crippen LogP) is 0.986. The number of hydrogen-bond donors (Lipinski definition) is 1. The first-order chi connectivity index (χ1) is 8.66. The predicted molar refractivity (Wildman–Crippen MR) is 72.3 cm³/mol. The molecule has 1 fully saturated rings. The number of aromatic nitrogens is 3. The Morgan fingerprint density at radius 1 is 1.39 bits per heavy atom. The summed E-state index contributed by atoms with van der Waals surface area (Å²) >= 11 is 0. The minimum atomic E-state index is 0.659. The van der Waals surface area contributed by atoms with Gasteiger partial charge >= 0.3 is 0 Å². The zero-order valence-corrected chi connectivity index (χ0v) is 11.7. The average Bonchev–Trinajstić information content (AvgIpc) is 2.84. The lowest BCUT2D eigenvalue weighted by molar-refractivity contribution is 0.121. The number of nitrogens with zero attached hydrogens (tertiary/aromatic N) is 4. The fourth-order valence-corrected chi connectivity index (χ4v) is 2.71. The summed E-state index contributed by atoms with van der Waals surface area (Å²) in [5.41, 5.74) is 0. The molecular formula is C13H25N5. The fourth-order valence-electron chi connectivity index (χ4n) is 2.71. The molecule has 3 atom stereocenters. The van der Waals surface area contributed by atoms with E-state index in [4.69, 9.17) is 0 Å². The fraction of sp³-hybridized carbons (Fsp3) is 0.846. The van der Waals surface area contributed by atoms with Crippen LogP contribution in [0.4, 0.5) is 0 Å². The lowest BCUT2D eigenvalue weighted by Crippen LogP contribution is -2.51. The smallest absolute Gasteiger partial charge is 0.0692 e. The Bertz CT molecular complexity index is 337. The Morgan fingerprint density at radius 3 is 2.94 bits per heavy atom. The number of piperidine rings is 1. The van der Waals surface area contributed by atoms with Crippen molar-refractivity contribution in [2.24, 2.45) is 5.92 Å². The molecule has 1 N–H and O–H groups in total. The summed E-state index contributed by atoms with van der Waals surface area (Å²) in [5, 5.41) is 11.5. The van der Waals surface area contributed by atoms with Crippen molar-refractivity contribution in [2.45, 2.75) is 45.3 Å². The Balaban J connectivity index is 1.67. The van der Waals surface area contributed by atoms with E-state index in [1.54, 1.807) is 6.20 Å². The van der Waals surface area contributed by atoms with Crippen LogP contribution in [0.1, 0.15) is 26.7 Å². The Kier molecular flexibility index (Phi) is 4.72. The monoisotopic (exact) mass is 251 g/mol. The Morgan fingerprint density at radius 2 is 2.22 bits per heavy atom. The summed E-state index contributed by atoms with van der Waals surface area (Å²) in [4.78, 5) is 2.46. The minimum Gasteiger partial charge on any atom is -0.314 e. The Hall–Kier alpha value is -0.940. The molecule has 0 radical (unpaired) electrons. The van der Waals surface area contributed by atoms with Crippen molar-refractivity contribution in [1.29, 1.82) is 0 Å². The standard InChI is InChI=1S/C13H25N5/c1-11-10-17(3)12(2)9-13(11)14-5-4-7-18-8-6-15-16-18/h6,8,11-14H,4-5,7,9-10H2,1-3H3. The van der Waals surface area contributed by atoms with Gasteiger partial charge in [0, 0.05) is 31.4 Å². The van der Waals surface area contributed by atoms with Crippen LogP contribution in [0, 0.1) is 5.92 Å². The van der Waals surface area contributed by atoms with Gasteiger partial charge in [0.1, 0.15) is 0 Å². The van der Waals surface area contributed by atoms with Crippen LogP contribution < -0.4 is 5.32 Å². The third kappa shape index (κ3) is 3.53. The summed E-state index contributed by atoms with van der Waals surface area (Å²) < 4.78 is 1.89. The molecule has 1 aromatic heterocycles. The maximum absolute atomic E-state index is 3.97. The van der Waals surface area contributed by atoms with Gasteiger partial charge < -0.3 is 10.2 Å². The first-order valence-electron chi connectivity index (χ1n) is 6.94. The number of nitrogens with one attached hydrogen (secondary N) is 1. The van der Waals surface area contributed by atoms with Gasteiger partial charge in [-0.3, -0.25) is 4.68 Å². The number of hydrogen-bond acceptors (Lipinski definition) is 4. The largest absolute Gasteiger partial charge is 0.314 e. The molecule has 2 rings (SSSR count). The summed E-state index contributed by atoms with van der Waals surface area (Å²) in [6.45, 7) is 7.87. The molecule has 0 spiro atoms. The van der Waals surface area contributed by atoms with Crippen molar-refractivity contribution in [3.05, 3.63) is 12.4 Å². The Labute approximate surface area is 110 Å². The molecule has 18 heavy (non-hydrogen) atoms. The highest BCUT2D eigenvalue weighted by molar-refractivity contribution is 4.85. The SMILES string of the molecule is CC1CN(C)C(C)CC1NCCCn1ccnn1. The van der Waals surface area contributed by atoms with E-state index in [0.717, 1.165) is 25.4 Å². The van der Waals surface area contributed by atoms with Gasteiger partial charge in [0.25, 0.3) is 0 Å². The van der Waals surface area contributed by atoms with Gasteiger partial charge in [-0.05, 0) is 39.3 Å². The van der Waals surface area contributed by atoms with Crippen LogP contribution in [0.25, 0.3) is 0 Å². The van der Waals surface area contributed by atoms with Crippen LogP contribution >= 0.6 is 0 Å². The molecule has 0 amide bonds. The first kappa shape index (κ1) is 13.5. The minimum absolute atomic E-state index is 0.659. The number of likely N-dealkylation sites (tertiary alicyclic amines) is 1. The zero-order chi connectivity index (χ0) is 13.0. The van der Waals surface area contributed by atoms with Crippen LogP contribution in [0.15, 0.2) is 12.4 Å². The van der Waals surface area contributed by atoms with E-state index in [2.05, 4.69) is 41.4 Å². The van der Waals surface area contributed by atoms with E-state index in [-0.39, 0.29) is 0 Å². The van der Waals surface area contributed by atoms with Crippen molar-refractivity contribution < 1.29 is 0 Å². The summed E-state index contributed by atoms with van der Waals surface area (Å²) in [6, 6.07) is 1.35. The van der Waals surface area contributed by atoms with Crippen molar-refractivity contribution in [1.82, 2.24) is 25.2 Å². The van der Waals surface area contributed by atoms with Gasteiger partial charge in [0.05, 0.1) is 6.20 Å². The van der Waals surface area contributed by atoms with Gasteiger partial charge in [0.15, 0.2) is 0 Å². The molecule has 1 aliphatic heterocycles. The molecule has 5 nitrogen and oxygen atoms in total. The highest BCUT2D eigenvalue weighted by Crippen LogP contribution is 2.20. The highest BCUT2D eigenvalue weighted by atomic mass is 15.4. The molecule has 5 heteroatoms. The van der Waals surface area contributed by atoms with Gasteiger partial charge in [-0.1, -0.05) is 12.1 Å². The second kappa shape index (κ2) is 6.29. The molecule has 3 unspecified atom stereocenters. The second-order valence-corrected chi connectivity index (χ2v) is 5.58. The van der Waals surface area contributed by atoms with Crippen molar-refractivity contribution in [2.75, 3.05) is 20.1 Å². The quantitative estimate of drug-likeness (QED) is 0.793. The molecule has 1 saturated heterocycles. The van der Waals surface area contributed by atoms with Crippen molar-refractivity contribution >= 4 is 0 Å². The van der Waals surface area contributed by atoms with Crippen molar-refractivity contribution in [3.63, 3.8) is 0 Å². The van der Waals surface area contributed by atoms with E-state index in [9.17, 15) is 0 Å². The topological polar surface area (TPSA) is 46.0 Å². The maximum Gasteiger partial charge on any atom is 0.0692 e. The molecule has 0 aliphatic carbocycles. The van der Waals surface area contributed by atoms with Crippen LogP contribution in [0.5, 0.6) is 0 Å². The van der Waals surface area contributed by atoms with E-state index in [1.165, 1.54) is 13.0 Å². The first-order valence-corrected chi connectivity index (χ1v) is 6.94. The van der Waals surface area contributed by atoms with Crippen LogP contribution in [0.3, 0.4) is 0 Å². The third-order valence-electron chi connectivity index (χ3n) is 4.05. The molecule has 102 valence electrons. The van der Waals surface area contributed by atoms with E-state index in [0.29, 0.717) is 12.1 Å². The third-order valence-corrected chi connectivity index (χ3v) is 4.05. The van der Waals surface area contributed by atoms with E-state index >= 15 is 0 Å². The molecular weight excluding hydrogens is 226 g/mol. The van der Waals surface area contributed by atoms with Gasteiger partial charge in [-0.2, -0.15) is 0 Å². The maximum atomic E-state index is 3.97. The summed E-state index contributed by atoms with van der Waals surface area (Å²) in [6.07, 6.45) is 6.01. The van der Waals surface area contributed by atoms with Crippen LogP contribution in [-0.4, -0.2) is 52.1 Å². The van der Waals surface area contributed by atoms with Crippen LogP contribution in [-0.2, 0) is 6.54 Å². The van der Waals surface area contributed by atoms with Gasteiger partial charge in [-0.25, -0.2) is 0 Å². The van der Waals surface area contributed by atoms with Crippen LogP contribution in [0.2, 0.25) is 0 Å². The summed E-state index contributed by atoms with van der Waals surface area (Å²) in [7, 11) is 2.22. The highest BCUT2D eigenvalue weighted by Gasteiger charge is 2.28. The molecule has 2 heterocycles. The van der Waals surface area contributed by atoms with Gasteiger partial charge in [-0.15, -0.1) is 5.10 Å². The molecule has 1 aromatic rings. The second-order valence-electron chi connectivity index (χ2n) is 5.58. The number of rotatable bonds is 5. The molecule has 0 bridgehead atoms. The average molecular weight is 251 g/mol. The van der Waals surface area contributed by atoms with E-state index in [1.807, 2.05) is 10.9 Å². The van der Waals surface area contributed by atoms with Crippen molar-refractivity contribution in [3.8, 4) is 0 Å². The molecule has 0 saturated carbocycles.